The molecule has 0 spiro atoms. The molecule has 66 valence electrons. The molecule has 0 heterocycles. The number of nitrogens with zero attached hydrogens (tertiary/aromatic N) is 1. The van der Waals surface area contributed by atoms with Crippen molar-refractivity contribution in [1.82, 2.24) is 0 Å². The third kappa shape index (κ3) is 1.90. The molecule has 0 N–H and O–H groups in total. The minimum Gasteiger partial charge on any atom is -0.300 e. The highest BCUT2D eigenvalue weighted by atomic mass is 16.6. The first kappa shape index (κ1) is 8.90. The van der Waals surface area contributed by atoms with E-state index in [1.165, 1.54) is 0 Å². The Kier molecular flexibility index (Phi) is 2.58. The van der Waals surface area contributed by atoms with Crippen LogP contribution in [0.25, 0.3) is 0 Å². The Hall–Kier alpha value is -1.19. The predicted octanol–water partition coefficient (Wildman–Crippen LogP) is 1.04. The molecule has 0 unspecified atom stereocenters. The number of ketones is 1. The summed E-state index contributed by atoms with van der Waals surface area (Å²) in [6, 6.07) is 0. The van der Waals surface area contributed by atoms with E-state index in [1.807, 2.05) is 0 Å². The van der Waals surface area contributed by atoms with Crippen LogP contribution < -0.4 is 0 Å². The van der Waals surface area contributed by atoms with Gasteiger partial charge in [-0.25, -0.2) is 0 Å². The van der Waals surface area contributed by atoms with Gasteiger partial charge in [0.2, 0.25) is 6.54 Å². The van der Waals surface area contributed by atoms with Crippen LogP contribution in [0.4, 0.5) is 0 Å². The number of allylic oxidation sites excluding steroid dienone is 1. The smallest absolute Gasteiger partial charge is 0.207 e. The molecule has 0 aliphatic heterocycles. The van der Waals surface area contributed by atoms with E-state index in [9.17, 15) is 14.9 Å². The lowest BCUT2D eigenvalue weighted by Gasteiger charge is -2.08. The van der Waals surface area contributed by atoms with Crippen LogP contribution in [0.15, 0.2) is 12.7 Å². The van der Waals surface area contributed by atoms with Crippen molar-refractivity contribution >= 4 is 5.78 Å². The molecule has 4 heteroatoms. The van der Waals surface area contributed by atoms with E-state index < -0.39 is 0 Å². The van der Waals surface area contributed by atoms with Crippen LogP contribution in [-0.2, 0) is 4.79 Å². The van der Waals surface area contributed by atoms with E-state index in [1.54, 1.807) is 6.08 Å². The van der Waals surface area contributed by atoms with Gasteiger partial charge in [0, 0.05) is 23.7 Å². The predicted molar refractivity (Wildman–Crippen MR) is 43.3 cm³/mol. The number of hydrogen-bond acceptors (Lipinski definition) is 3. The zero-order valence-electron chi connectivity index (χ0n) is 6.73. The van der Waals surface area contributed by atoms with Crippen LogP contribution >= 0.6 is 0 Å². The van der Waals surface area contributed by atoms with Crippen molar-refractivity contribution in [3.8, 4) is 0 Å². The molecule has 0 amide bonds. The Morgan fingerprint density at radius 1 is 1.67 bits per heavy atom. The monoisotopic (exact) mass is 169 g/mol. The third-order valence-corrected chi connectivity index (χ3v) is 2.25. The summed E-state index contributed by atoms with van der Waals surface area (Å²) >= 11 is 0. The highest BCUT2D eigenvalue weighted by molar-refractivity contribution is 5.81. The molecule has 0 aromatic heterocycles. The Labute approximate surface area is 70.4 Å². The van der Waals surface area contributed by atoms with Crippen molar-refractivity contribution in [1.29, 1.82) is 0 Å². The SMILES string of the molecule is C=C[C@H]1CC(=O)C[C@@H]1C[N+](=O)[O-]. The summed E-state index contributed by atoms with van der Waals surface area (Å²) in [5, 5.41) is 10.2. The lowest BCUT2D eigenvalue weighted by atomic mass is 9.97. The topological polar surface area (TPSA) is 60.2 Å². The van der Waals surface area contributed by atoms with Crippen molar-refractivity contribution in [2.75, 3.05) is 6.54 Å². The number of hydrogen-bond donors (Lipinski definition) is 0. The zero-order chi connectivity index (χ0) is 9.14. The van der Waals surface area contributed by atoms with Gasteiger partial charge in [0.25, 0.3) is 0 Å². The average Bonchev–Trinajstić information content (AvgIpc) is 2.29. The molecule has 0 bridgehead atoms. The van der Waals surface area contributed by atoms with Gasteiger partial charge in [-0.1, -0.05) is 6.08 Å². The molecule has 2 atom stereocenters. The normalized spacial score (nSPS) is 28.8. The second-order valence-electron chi connectivity index (χ2n) is 3.12. The summed E-state index contributed by atoms with van der Waals surface area (Å²) in [5.41, 5.74) is 0. The molecular weight excluding hydrogens is 158 g/mol. The van der Waals surface area contributed by atoms with E-state index in [4.69, 9.17) is 0 Å². The van der Waals surface area contributed by atoms with Gasteiger partial charge in [0.15, 0.2) is 0 Å². The fourth-order valence-electron chi connectivity index (χ4n) is 1.62. The molecular formula is C8H11NO3. The summed E-state index contributed by atoms with van der Waals surface area (Å²) in [6.07, 6.45) is 2.43. The van der Waals surface area contributed by atoms with Gasteiger partial charge < -0.3 is 0 Å². The van der Waals surface area contributed by atoms with E-state index >= 15 is 0 Å². The summed E-state index contributed by atoms with van der Waals surface area (Å²) < 4.78 is 0. The van der Waals surface area contributed by atoms with Gasteiger partial charge in [-0.3, -0.25) is 14.9 Å². The Morgan fingerprint density at radius 3 is 2.83 bits per heavy atom. The molecule has 1 aliphatic rings. The third-order valence-electron chi connectivity index (χ3n) is 2.25. The molecule has 0 aromatic carbocycles. The number of Topliss-reactive ketones (excluding diaryl/α,β-unsaturated/α-hetero) is 1. The molecule has 1 saturated carbocycles. The van der Waals surface area contributed by atoms with Crippen LogP contribution in [0, 0.1) is 22.0 Å². The minimum atomic E-state index is -0.361. The van der Waals surface area contributed by atoms with Crippen LogP contribution in [0.1, 0.15) is 12.8 Å². The van der Waals surface area contributed by atoms with Gasteiger partial charge in [0.05, 0.1) is 0 Å². The number of carbonyl (C=O) groups excluding carboxylic acids is 1. The molecule has 1 fully saturated rings. The molecule has 4 nitrogen and oxygen atoms in total. The van der Waals surface area contributed by atoms with Crippen molar-refractivity contribution < 1.29 is 9.72 Å². The average molecular weight is 169 g/mol. The minimum absolute atomic E-state index is 0.0166. The lowest BCUT2D eigenvalue weighted by Crippen LogP contribution is -2.16. The van der Waals surface area contributed by atoms with E-state index in [2.05, 4.69) is 6.58 Å². The zero-order valence-corrected chi connectivity index (χ0v) is 6.73. The van der Waals surface area contributed by atoms with Gasteiger partial charge in [0.1, 0.15) is 5.78 Å². The maximum absolute atomic E-state index is 10.9. The first-order valence-electron chi connectivity index (χ1n) is 3.89. The standard InChI is InChI=1S/C8H11NO3/c1-2-6-3-8(10)4-7(6)5-9(11)12/h2,6-7H,1,3-5H2/t6-,7+/m0/s1. The van der Waals surface area contributed by atoms with Crippen molar-refractivity contribution in [2.24, 2.45) is 11.8 Å². The second kappa shape index (κ2) is 3.47. The fourth-order valence-corrected chi connectivity index (χ4v) is 1.62. The molecule has 0 aromatic rings. The summed E-state index contributed by atoms with van der Waals surface area (Å²) in [6.45, 7) is 3.45. The lowest BCUT2D eigenvalue weighted by molar-refractivity contribution is -0.488. The van der Waals surface area contributed by atoms with Gasteiger partial charge in [-0.15, -0.1) is 6.58 Å². The van der Waals surface area contributed by atoms with Gasteiger partial charge >= 0.3 is 0 Å². The summed E-state index contributed by atoms with van der Waals surface area (Å²) in [5.74, 6) is 0.0136. The number of rotatable bonds is 3. The first-order chi connectivity index (χ1) is 5.63. The maximum atomic E-state index is 10.9. The van der Waals surface area contributed by atoms with Crippen molar-refractivity contribution in [3.63, 3.8) is 0 Å². The van der Waals surface area contributed by atoms with Crippen molar-refractivity contribution in [3.05, 3.63) is 22.8 Å². The Morgan fingerprint density at radius 2 is 2.33 bits per heavy atom. The quantitative estimate of drug-likeness (QED) is 0.360. The molecule has 0 radical (unpaired) electrons. The van der Waals surface area contributed by atoms with E-state index in [0.717, 1.165) is 0 Å². The molecule has 1 rings (SSSR count). The Balaban J connectivity index is 2.57. The fraction of sp³-hybridized carbons (Fsp3) is 0.625. The molecule has 1 aliphatic carbocycles. The molecule has 12 heavy (non-hydrogen) atoms. The van der Waals surface area contributed by atoms with Gasteiger partial charge in [-0.05, 0) is 5.92 Å². The maximum Gasteiger partial charge on any atom is 0.207 e. The second-order valence-corrected chi connectivity index (χ2v) is 3.12. The molecule has 0 saturated heterocycles. The highest BCUT2D eigenvalue weighted by Gasteiger charge is 2.34. The van der Waals surface area contributed by atoms with E-state index in [0.29, 0.717) is 12.8 Å². The van der Waals surface area contributed by atoms with Crippen LogP contribution in [0.3, 0.4) is 0 Å². The highest BCUT2D eigenvalue weighted by Crippen LogP contribution is 2.29. The largest absolute Gasteiger partial charge is 0.300 e. The number of carbonyl (C=O) groups is 1. The van der Waals surface area contributed by atoms with E-state index in [-0.39, 0.29) is 29.1 Å². The summed E-state index contributed by atoms with van der Waals surface area (Å²) in [4.78, 5) is 20.8. The van der Waals surface area contributed by atoms with Crippen LogP contribution in [-0.4, -0.2) is 17.3 Å². The van der Waals surface area contributed by atoms with Crippen LogP contribution in [0.5, 0.6) is 0 Å². The van der Waals surface area contributed by atoms with Gasteiger partial charge in [-0.2, -0.15) is 0 Å². The van der Waals surface area contributed by atoms with Crippen LogP contribution in [0.2, 0.25) is 0 Å². The van der Waals surface area contributed by atoms with Crippen molar-refractivity contribution in [2.45, 2.75) is 12.8 Å². The first-order valence-corrected chi connectivity index (χ1v) is 3.89. The summed E-state index contributed by atoms with van der Waals surface area (Å²) in [7, 11) is 0. The Bertz CT molecular complexity index is 224. The number of nitro groups is 1.